The van der Waals surface area contributed by atoms with Crippen LogP contribution < -0.4 is 14.8 Å². The van der Waals surface area contributed by atoms with Crippen molar-refractivity contribution in [2.45, 2.75) is 19.3 Å². The molecule has 5 rings (SSSR count). The van der Waals surface area contributed by atoms with E-state index in [9.17, 15) is 13.2 Å². The fourth-order valence-electron chi connectivity index (χ4n) is 4.07. The van der Waals surface area contributed by atoms with Gasteiger partial charge in [-0.3, -0.25) is 4.99 Å². The summed E-state index contributed by atoms with van der Waals surface area (Å²) in [5.74, 6) is 1.02. The predicted octanol–water partition coefficient (Wildman–Crippen LogP) is 3.61. The average molecular weight is 456 g/mol. The fourth-order valence-corrected chi connectivity index (χ4v) is 4.07. The number of aryl methyl sites for hydroxylation is 1. The minimum Gasteiger partial charge on any atom is -0.479 e. The number of halogens is 3. The molecule has 3 aromatic rings. The van der Waals surface area contributed by atoms with Crippen LogP contribution in [-0.4, -0.2) is 46.8 Å². The average Bonchev–Trinajstić information content (AvgIpc) is 3.42. The molecule has 8 nitrogen and oxygen atoms in total. The zero-order chi connectivity index (χ0) is 23.2. The van der Waals surface area contributed by atoms with Crippen molar-refractivity contribution in [1.29, 1.82) is 0 Å². The number of nitrogens with zero attached hydrogens (tertiary/aromatic N) is 6. The number of hydrogen-bond donors (Lipinski definition) is 1. The SMILES string of the molecule is COc1nc(C2N=C3C=NCC[N+]3(c3ccc(C(F)(F)F)cc3)N2)ccc1-n1cnc(C)c1. The van der Waals surface area contributed by atoms with Crippen molar-refractivity contribution in [3.05, 3.63) is 65.9 Å². The van der Waals surface area contributed by atoms with Crippen LogP contribution >= 0.6 is 0 Å². The van der Waals surface area contributed by atoms with Crippen molar-refractivity contribution >= 4 is 17.7 Å². The lowest BCUT2D eigenvalue weighted by atomic mass is 10.1. The lowest BCUT2D eigenvalue weighted by molar-refractivity contribution is -0.137. The third kappa shape index (κ3) is 3.68. The van der Waals surface area contributed by atoms with Gasteiger partial charge in [0.1, 0.15) is 18.4 Å². The summed E-state index contributed by atoms with van der Waals surface area (Å²) < 4.78 is 46.6. The van der Waals surface area contributed by atoms with Gasteiger partial charge in [-0.25, -0.2) is 15.0 Å². The maximum Gasteiger partial charge on any atom is 0.416 e. The molecule has 4 heterocycles. The van der Waals surface area contributed by atoms with Crippen molar-refractivity contribution in [2.24, 2.45) is 9.98 Å². The Morgan fingerprint density at radius 3 is 2.61 bits per heavy atom. The molecule has 2 atom stereocenters. The lowest BCUT2D eigenvalue weighted by Crippen LogP contribution is -2.63. The van der Waals surface area contributed by atoms with Gasteiger partial charge in [-0.15, -0.1) is 5.43 Å². The van der Waals surface area contributed by atoms with E-state index in [1.54, 1.807) is 19.7 Å². The summed E-state index contributed by atoms with van der Waals surface area (Å²) in [6.45, 7) is 2.92. The van der Waals surface area contributed by atoms with Gasteiger partial charge in [0.05, 0.1) is 36.9 Å². The van der Waals surface area contributed by atoms with Crippen LogP contribution in [0.4, 0.5) is 18.9 Å². The molecular formula is C22H21F3N7O+. The number of hydrogen-bond acceptors (Lipinski definition) is 6. The molecule has 11 heteroatoms. The summed E-state index contributed by atoms with van der Waals surface area (Å²) in [4.78, 5) is 18.0. The van der Waals surface area contributed by atoms with E-state index in [1.165, 1.54) is 12.1 Å². The first-order valence-electron chi connectivity index (χ1n) is 10.3. The fraction of sp³-hybridized carbons (Fsp3) is 0.273. The minimum absolute atomic E-state index is 0.0960. The third-order valence-corrected chi connectivity index (χ3v) is 5.73. The molecule has 33 heavy (non-hydrogen) atoms. The van der Waals surface area contributed by atoms with Crippen LogP contribution in [0.1, 0.15) is 23.1 Å². The predicted molar refractivity (Wildman–Crippen MR) is 117 cm³/mol. The number of alkyl halides is 3. The second-order valence-electron chi connectivity index (χ2n) is 7.82. The third-order valence-electron chi connectivity index (χ3n) is 5.73. The molecule has 1 N–H and O–H groups in total. The van der Waals surface area contributed by atoms with Crippen molar-refractivity contribution in [3.63, 3.8) is 0 Å². The van der Waals surface area contributed by atoms with Gasteiger partial charge >= 0.3 is 6.18 Å². The highest BCUT2D eigenvalue weighted by Gasteiger charge is 2.47. The molecule has 2 aliphatic heterocycles. The number of quaternary nitrogens is 1. The quantitative estimate of drug-likeness (QED) is 0.609. The van der Waals surface area contributed by atoms with Crippen LogP contribution in [-0.2, 0) is 6.18 Å². The second kappa shape index (κ2) is 7.78. The number of ether oxygens (including phenoxy) is 1. The summed E-state index contributed by atoms with van der Waals surface area (Å²) >= 11 is 0. The molecule has 0 saturated carbocycles. The van der Waals surface area contributed by atoms with Crippen molar-refractivity contribution < 1.29 is 17.9 Å². The maximum atomic E-state index is 13.0. The number of aromatic nitrogens is 3. The number of methoxy groups -OCH3 is 1. The summed E-state index contributed by atoms with van der Waals surface area (Å²) in [5.41, 5.74) is 5.61. The number of nitrogens with one attached hydrogen (secondary N) is 1. The lowest BCUT2D eigenvalue weighted by Gasteiger charge is -2.34. The van der Waals surface area contributed by atoms with E-state index in [1.807, 2.05) is 29.8 Å². The Hall–Kier alpha value is -3.57. The summed E-state index contributed by atoms with van der Waals surface area (Å²) in [5, 5.41) is 0. The van der Waals surface area contributed by atoms with Crippen molar-refractivity contribution in [3.8, 4) is 11.6 Å². The summed E-state index contributed by atoms with van der Waals surface area (Å²) in [7, 11) is 1.54. The molecule has 2 unspecified atom stereocenters. The van der Waals surface area contributed by atoms with E-state index in [2.05, 4.69) is 20.4 Å². The summed E-state index contributed by atoms with van der Waals surface area (Å²) in [6.07, 6.45) is 0.294. The Balaban J connectivity index is 1.49. The first-order valence-corrected chi connectivity index (χ1v) is 10.3. The largest absolute Gasteiger partial charge is 0.479 e. The van der Waals surface area contributed by atoms with Crippen LogP contribution in [0.15, 0.2) is 58.9 Å². The molecule has 2 aromatic heterocycles. The second-order valence-corrected chi connectivity index (χ2v) is 7.82. The molecule has 2 aliphatic rings. The van der Waals surface area contributed by atoms with Crippen LogP contribution in [0.25, 0.3) is 5.69 Å². The highest BCUT2D eigenvalue weighted by molar-refractivity contribution is 6.34. The monoisotopic (exact) mass is 456 g/mol. The highest BCUT2D eigenvalue weighted by atomic mass is 19.4. The van der Waals surface area contributed by atoms with E-state index < -0.39 is 17.9 Å². The molecule has 0 amide bonds. The number of fused-ring (bicyclic) bond motifs is 1. The van der Waals surface area contributed by atoms with Crippen molar-refractivity contribution in [1.82, 2.24) is 24.6 Å². The van der Waals surface area contributed by atoms with Gasteiger partial charge in [0, 0.05) is 18.3 Å². The van der Waals surface area contributed by atoms with E-state index in [0.717, 1.165) is 23.5 Å². The zero-order valence-electron chi connectivity index (χ0n) is 17.9. The first kappa shape index (κ1) is 21.3. The number of pyridine rings is 1. The molecule has 0 radical (unpaired) electrons. The molecule has 0 saturated heterocycles. The Kier molecular flexibility index (Phi) is 5.02. The smallest absolute Gasteiger partial charge is 0.416 e. The molecule has 0 spiro atoms. The van der Waals surface area contributed by atoms with Crippen LogP contribution in [0.3, 0.4) is 0 Å². The number of aliphatic imine (C=N–C) groups is 2. The Morgan fingerprint density at radius 2 is 1.94 bits per heavy atom. The van der Waals surface area contributed by atoms with Gasteiger partial charge in [-0.1, -0.05) is 0 Å². The number of benzene rings is 1. The van der Waals surface area contributed by atoms with E-state index >= 15 is 0 Å². The minimum atomic E-state index is -4.39. The maximum absolute atomic E-state index is 13.0. The van der Waals surface area contributed by atoms with E-state index in [0.29, 0.717) is 36.2 Å². The van der Waals surface area contributed by atoms with Gasteiger partial charge in [0.25, 0.3) is 5.84 Å². The van der Waals surface area contributed by atoms with Crippen LogP contribution in [0, 0.1) is 6.92 Å². The molecule has 0 aliphatic carbocycles. The Bertz CT molecular complexity index is 1250. The van der Waals surface area contributed by atoms with E-state index in [-0.39, 0.29) is 4.59 Å². The first-order chi connectivity index (χ1) is 15.8. The Morgan fingerprint density at radius 1 is 1.15 bits per heavy atom. The molecule has 1 aromatic carbocycles. The van der Waals surface area contributed by atoms with Crippen LogP contribution in [0.5, 0.6) is 5.88 Å². The van der Waals surface area contributed by atoms with Gasteiger partial charge in [0.2, 0.25) is 5.88 Å². The highest BCUT2D eigenvalue weighted by Crippen LogP contribution is 2.36. The van der Waals surface area contributed by atoms with Crippen molar-refractivity contribution in [2.75, 3.05) is 20.2 Å². The molecule has 170 valence electrons. The molecular weight excluding hydrogens is 435 g/mol. The number of amidine groups is 1. The summed E-state index contributed by atoms with van der Waals surface area (Å²) in [6, 6.07) is 8.84. The normalized spacial score (nSPS) is 22.2. The topological polar surface area (TPSA) is 76.7 Å². The van der Waals surface area contributed by atoms with E-state index in [4.69, 9.17) is 9.73 Å². The van der Waals surface area contributed by atoms with Gasteiger partial charge in [0.15, 0.2) is 11.9 Å². The van der Waals surface area contributed by atoms with Gasteiger partial charge in [-0.2, -0.15) is 17.8 Å². The van der Waals surface area contributed by atoms with Gasteiger partial charge in [-0.05, 0) is 31.2 Å². The number of imidazole rings is 1. The van der Waals surface area contributed by atoms with Crippen LogP contribution in [0.2, 0.25) is 0 Å². The van der Waals surface area contributed by atoms with Gasteiger partial charge < -0.3 is 9.30 Å². The zero-order valence-corrected chi connectivity index (χ0v) is 17.9. The molecule has 0 bridgehead atoms. The molecule has 0 fully saturated rings. The number of rotatable bonds is 4. The Labute approximate surface area is 187 Å². The standard InChI is InChI=1S/C22H21F3N7O/c1-14-12-31(13-27-14)18-8-7-17(28-21(18)33-2)20-29-19-11-26-9-10-32(19,30-20)16-5-3-15(4-6-16)22(23,24)25/h3-8,11-13,20,30H,9-10H2,1-2H3/q+1.